The van der Waals surface area contributed by atoms with Crippen molar-refractivity contribution in [2.75, 3.05) is 19.6 Å². The minimum absolute atomic E-state index is 0.0467. The van der Waals surface area contributed by atoms with Crippen molar-refractivity contribution in [3.8, 4) is 0 Å². The lowest BCUT2D eigenvalue weighted by Crippen LogP contribution is -2.56. The van der Waals surface area contributed by atoms with E-state index in [0.717, 1.165) is 43.1 Å². The number of carbonyl (C=O) groups excluding carboxylic acids is 3. The van der Waals surface area contributed by atoms with E-state index >= 15 is 4.39 Å². The van der Waals surface area contributed by atoms with Crippen LogP contribution < -0.4 is 5.32 Å². The molecule has 0 bridgehead atoms. The fourth-order valence-corrected chi connectivity index (χ4v) is 7.79. The van der Waals surface area contributed by atoms with Crippen LogP contribution in [-0.2, 0) is 22.7 Å². The van der Waals surface area contributed by atoms with Gasteiger partial charge in [0.2, 0.25) is 11.8 Å². The molecular formula is C35H42ClFN4O3. The summed E-state index contributed by atoms with van der Waals surface area (Å²) in [7, 11) is 0. The molecule has 9 heteroatoms. The number of nitrogens with zero attached hydrogens (tertiary/aromatic N) is 3. The van der Waals surface area contributed by atoms with E-state index < -0.39 is 23.7 Å². The second-order valence-electron chi connectivity index (χ2n) is 14.0. The van der Waals surface area contributed by atoms with Crippen molar-refractivity contribution in [1.82, 2.24) is 20.0 Å². The van der Waals surface area contributed by atoms with Gasteiger partial charge in [-0.3, -0.25) is 29.5 Å². The zero-order valence-electron chi connectivity index (χ0n) is 26.1. The van der Waals surface area contributed by atoms with E-state index in [1.165, 1.54) is 34.1 Å². The fourth-order valence-electron chi connectivity index (χ4n) is 7.66. The SMILES string of the molecule is CC1CN(Cc2cc(F)c3c(c2)CN(C2CCC(=O)NC2=O)C3=O)CC(C)N1CC1=C(c2ccc(Cl)cc2)CC(C)(C)CC1. The van der Waals surface area contributed by atoms with E-state index in [2.05, 4.69) is 54.9 Å². The molecule has 3 amide bonds. The van der Waals surface area contributed by atoms with Gasteiger partial charge in [0.1, 0.15) is 11.9 Å². The van der Waals surface area contributed by atoms with Crippen LogP contribution in [0, 0.1) is 11.2 Å². The molecule has 234 valence electrons. The molecule has 7 nitrogen and oxygen atoms in total. The maximum atomic E-state index is 15.3. The van der Waals surface area contributed by atoms with Crippen molar-refractivity contribution in [2.24, 2.45) is 5.41 Å². The van der Waals surface area contributed by atoms with E-state index in [0.29, 0.717) is 24.2 Å². The Bertz CT molecular complexity index is 1510. The Morgan fingerprint density at radius 1 is 1.00 bits per heavy atom. The van der Waals surface area contributed by atoms with Gasteiger partial charge in [0.15, 0.2) is 0 Å². The number of halogens is 2. The molecule has 3 unspecified atom stereocenters. The Balaban J connectivity index is 1.14. The summed E-state index contributed by atoms with van der Waals surface area (Å²) in [6.45, 7) is 12.7. The number of imide groups is 1. The molecule has 0 radical (unpaired) electrons. The molecule has 3 atom stereocenters. The number of nitrogens with one attached hydrogen (secondary N) is 1. The van der Waals surface area contributed by atoms with Crippen LogP contribution in [-0.4, -0.2) is 70.2 Å². The topological polar surface area (TPSA) is 73.0 Å². The van der Waals surface area contributed by atoms with Crippen LogP contribution in [0.3, 0.4) is 0 Å². The highest BCUT2D eigenvalue weighted by Gasteiger charge is 2.41. The molecule has 2 fully saturated rings. The van der Waals surface area contributed by atoms with Crippen molar-refractivity contribution in [3.05, 3.63) is 75.1 Å². The Morgan fingerprint density at radius 3 is 2.39 bits per heavy atom. The third kappa shape index (κ3) is 6.22. The van der Waals surface area contributed by atoms with E-state index in [4.69, 9.17) is 11.6 Å². The minimum Gasteiger partial charge on any atom is -0.322 e. The monoisotopic (exact) mass is 620 g/mol. The highest BCUT2D eigenvalue weighted by molar-refractivity contribution is 6.30. The molecule has 2 aromatic rings. The largest absolute Gasteiger partial charge is 0.322 e. The molecular weight excluding hydrogens is 579 g/mol. The van der Waals surface area contributed by atoms with Gasteiger partial charge < -0.3 is 4.90 Å². The normalized spacial score (nSPS) is 26.3. The number of piperazine rings is 1. The first-order chi connectivity index (χ1) is 20.9. The third-order valence-electron chi connectivity index (χ3n) is 9.97. The first-order valence-corrected chi connectivity index (χ1v) is 16.2. The predicted molar refractivity (Wildman–Crippen MR) is 169 cm³/mol. The fraction of sp³-hybridized carbons (Fsp3) is 0.514. The minimum atomic E-state index is -0.754. The van der Waals surface area contributed by atoms with Crippen LogP contribution in [0.25, 0.3) is 5.57 Å². The van der Waals surface area contributed by atoms with Crippen molar-refractivity contribution in [1.29, 1.82) is 0 Å². The number of piperidine rings is 1. The Kier molecular flexibility index (Phi) is 8.46. The highest BCUT2D eigenvalue weighted by atomic mass is 35.5. The van der Waals surface area contributed by atoms with Crippen molar-refractivity contribution < 1.29 is 18.8 Å². The number of amides is 3. The lowest BCUT2D eigenvalue weighted by molar-refractivity contribution is -0.136. The van der Waals surface area contributed by atoms with Gasteiger partial charge in [0, 0.05) is 56.3 Å². The van der Waals surface area contributed by atoms with Gasteiger partial charge in [0.05, 0.1) is 5.56 Å². The summed E-state index contributed by atoms with van der Waals surface area (Å²) in [5, 5.41) is 3.06. The van der Waals surface area contributed by atoms with Gasteiger partial charge in [-0.25, -0.2) is 4.39 Å². The summed E-state index contributed by atoms with van der Waals surface area (Å²) in [6, 6.07) is 11.5. The van der Waals surface area contributed by atoms with Crippen molar-refractivity contribution >= 4 is 34.9 Å². The number of hydrogen-bond acceptors (Lipinski definition) is 5. The van der Waals surface area contributed by atoms with Crippen LogP contribution in [0.1, 0.15) is 86.8 Å². The maximum Gasteiger partial charge on any atom is 0.258 e. The first-order valence-electron chi connectivity index (χ1n) is 15.8. The number of hydrogen-bond donors (Lipinski definition) is 1. The van der Waals surface area contributed by atoms with Crippen LogP contribution in [0.2, 0.25) is 5.02 Å². The standard InChI is InChI=1S/C35H42ClFN4O3/c1-21-16-39(17-22(2)40(21)19-25-11-12-35(3,4)15-28(25)24-5-7-27(36)8-6-24)18-23-13-26-20-41(34(44)32(26)29(37)14-23)30-9-10-31(42)38-33(30)43/h5-8,13-14,21-22,30H,9-12,15-20H2,1-4H3,(H,38,42,43). The van der Waals surface area contributed by atoms with Gasteiger partial charge >= 0.3 is 0 Å². The van der Waals surface area contributed by atoms with Gasteiger partial charge in [-0.2, -0.15) is 0 Å². The second-order valence-corrected chi connectivity index (χ2v) is 14.4. The number of benzene rings is 2. The Labute approximate surface area is 264 Å². The molecule has 4 aliphatic rings. The average molecular weight is 621 g/mol. The second kappa shape index (κ2) is 12.0. The van der Waals surface area contributed by atoms with Crippen molar-refractivity contribution in [2.45, 2.75) is 91.0 Å². The van der Waals surface area contributed by atoms with E-state index in [-0.39, 0.29) is 36.3 Å². The van der Waals surface area contributed by atoms with Gasteiger partial charge in [0.25, 0.3) is 5.91 Å². The number of allylic oxidation sites excluding steroid dienone is 1. The molecule has 0 saturated carbocycles. The van der Waals surface area contributed by atoms with Gasteiger partial charge in [-0.15, -0.1) is 0 Å². The molecule has 0 spiro atoms. The van der Waals surface area contributed by atoms with Gasteiger partial charge in [-0.1, -0.05) is 49.2 Å². The quantitative estimate of drug-likeness (QED) is 0.414. The summed E-state index contributed by atoms with van der Waals surface area (Å²) in [5.74, 6) is -1.85. The maximum absolute atomic E-state index is 15.3. The molecule has 1 N–H and O–H groups in total. The van der Waals surface area contributed by atoms with Crippen LogP contribution in [0.5, 0.6) is 0 Å². The number of rotatable bonds is 6. The molecule has 1 aliphatic carbocycles. The first kappa shape index (κ1) is 30.9. The zero-order valence-corrected chi connectivity index (χ0v) is 26.8. The molecule has 2 saturated heterocycles. The van der Waals surface area contributed by atoms with E-state index in [1.54, 1.807) is 0 Å². The average Bonchev–Trinajstić information content (AvgIpc) is 3.27. The van der Waals surface area contributed by atoms with E-state index in [9.17, 15) is 14.4 Å². The van der Waals surface area contributed by atoms with E-state index in [1.807, 2.05) is 18.2 Å². The lowest BCUT2D eigenvalue weighted by atomic mass is 9.72. The predicted octanol–water partition coefficient (Wildman–Crippen LogP) is 5.80. The van der Waals surface area contributed by atoms with Crippen LogP contribution in [0.4, 0.5) is 4.39 Å². The van der Waals surface area contributed by atoms with Crippen LogP contribution >= 0.6 is 11.6 Å². The molecule has 6 rings (SSSR count). The zero-order chi connectivity index (χ0) is 31.3. The van der Waals surface area contributed by atoms with Gasteiger partial charge in [-0.05, 0) is 85.4 Å². The lowest BCUT2D eigenvalue weighted by Gasteiger charge is -2.46. The smallest absolute Gasteiger partial charge is 0.258 e. The molecule has 3 heterocycles. The molecule has 44 heavy (non-hydrogen) atoms. The molecule has 0 aromatic heterocycles. The van der Waals surface area contributed by atoms with Crippen LogP contribution in [0.15, 0.2) is 42.0 Å². The summed E-state index contributed by atoms with van der Waals surface area (Å²) in [4.78, 5) is 43.5. The van der Waals surface area contributed by atoms with Crippen molar-refractivity contribution in [3.63, 3.8) is 0 Å². The Hall–Kier alpha value is -3.07. The summed E-state index contributed by atoms with van der Waals surface area (Å²) in [6.07, 6.45) is 3.75. The Morgan fingerprint density at radius 2 is 1.70 bits per heavy atom. The summed E-state index contributed by atoms with van der Waals surface area (Å²) >= 11 is 6.21. The molecule has 3 aliphatic heterocycles. The number of carbonyl (C=O) groups is 3. The highest BCUT2D eigenvalue weighted by Crippen LogP contribution is 2.43. The molecule has 2 aromatic carbocycles. The summed E-state index contributed by atoms with van der Waals surface area (Å²) in [5.41, 5.74) is 5.99. The summed E-state index contributed by atoms with van der Waals surface area (Å²) < 4.78 is 15.3. The third-order valence-corrected chi connectivity index (χ3v) is 10.2. The number of fused-ring (bicyclic) bond motifs is 1.